The van der Waals surface area contributed by atoms with Crippen molar-refractivity contribution in [2.45, 2.75) is 12.5 Å². The van der Waals surface area contributed by atoms with Gasteiger partial charge in [-0.1, -0.05) is 39.7 Å². The summed E-state index contributed by atoms with van der Waals surface area (Å²) in [5, 5.41) is 0.321. The summed E-state index contributed by atoms with van der Waals surface area (Å²) in [7, 11) is 0. The van der Waals surface area contributed by atoms with Crippen LogP contribution in [0.15, 0.2) is 40.9 Å². The first-order valence-electron chi connectivity index (χ1n) is 5.62. The van der Waals surface area contributed by atoms with Crippen LogP contribution in [0.4, 0.5) is 8.78 Å². The fraction of sp³-hybridized carbons (Fsp3) is 0.143. The molecule has 0 saturated carbocycles. The number of halogens is 4. The molecule has 0 amide bonds. The van der Waals surface area contributed by atoms with Gasteiger partial charge in [-0.25, -0.2) is 8.78 Å². The summed E-state index contributed by atoms with van der Waals surface area (Å²) in [5.74, 6) is -0.841. The number of benzene rings is 2. The molecule has 100 valence electrons. The highest BCUT2D eigenvalue weighted by Gasteiger charge is 2.17. The number of hydrogen-bond donors (Lipinski definition) is 1. The van der Waals surface area contributed by atoms with Crippen molar-refractivity contribution in [1.29, 1.82) is 0 Å². The number of rotatable bonds is 3. The third-order valence-corrected chi connectivity index (χ3v) is 3.75. The fourth-order valence-corrected chi connectivity index (χ4v) is 2.69. The Kier molecular flexibility index (Phi) is 4.55. The van der Waals surface area contributed by atoms with Crippen molar-refractivity contribution in [2.24, 2.45) is 5.73 Å². The Morgan fingerprint density at radius 3 is 2.53 bits per heavy atom. The maximum Gasteiger partial charge on any atom is 0.129 e. The van der Waals surface area contributed by atoms with E-state index in [2.05, 4.69) is 15.9 Å². The molecular weight excluding hydrogens is 336 g/mol. The molecule has 0 fully saturated rings. The average Bonchev–Trinajstić information content (AvgIpc) is 2.32. The lowest BCUT2D eigenvalue weighted by molar-refractivity contribution is 0.561. The Hall–Kier alpha value is -0.970. The van der Waals surface area contributed by atoms with E-state index in [9.17, 15) is 8.78 Å². The Morgan fingerprint density at radius 1 is 1.16 bits per heavy atom. The maximum absolute atomic E-state index is 13.7. The van der Waals surface area contributed by atoms with Crippen LogP contribution >= 0.6 is 27.5 Å². The molecule has 1 nitrogen and oxygen atoms in total. The zero-order valence-electron chi connectivity index (χ0n) is 9.84. The van der Waals surface area contributed by atoms with E-state index in [1.165, 1.54) is 12.1 Å². The van der Waals surface area contributed by atoms with Crippen LogP contribution in [0, 0.1) is 11.6 Å². The van der Waals surface area contributed by atoms with E-state index in [-0.39, 0.29) is 6.42 Å². The molecule has 1 unspecified atom stereocenters. The molecular formula is C14H11BrClF2N. The van der Waals surface area contributed by atoms with Gasteiger partial charge in [-0.3, -0.25) is 0 Å². The molecule has 0 aliphatic carbocycles. The number of nitrogens with two attached hydrogens (primary N) is 1. The normalized spacial score (nSPS) is 12.5. The lowest BCUT2D eigenvalue weighted by Crippen LogP contribution is -2.16. The van der Waals surface area contributed by atoms with Crippen LogP contribution in [-0.2, 0) is 6.42 Å². The fourth-order valence-electron chi connectivity index (χ4n) is 1.89. The standard InChI is InChI=1S/C14H11BrClF2N/c15-10-2-1-3-11(17)14(10)13(19)6-8-4-5-9(16)7-12(8)18/h1-5,7,13H,6,19H2. The van der Waals surface area contributed by atoms with Crippen molar-refractivity contribution in [1.82, 2.24) is 0 Å². The maximum atomic E-state index is 13.7. The Bertz CT molecular complexity index is 584. The van der Waals surface area contributed by atoms with Crippen molar-refractivity contribution in [3.8, 4) is 0 Å². The predicted octanol–water partition coefficient (Wildman–Crippen LogP) is 4.62. The van der Waals surface area contributed by atoms with Crippen LogP contribution < -0.4 is 5.73 Å². The van der Waals surface area contributed by atoms with Gasteiger partial charge in [-0.05, 0) is 36.2 Å². The Balaban J connectivity index is 2.28. The van der Waals surface area contributed by atoms with Crippen molar-refractivity contribution in [2.75, 3.05) is 0 Å². The summed E-state index contributed by atoms with van der Waals surface area (Å²) in [6, 6.07) is 8.36. The second-order valence-electron chi connectivity index (χ2n) is 4.18. The zero-order valence-corrected chi connectivity index (χ0v) is 12.2. The summed E-state index contributed by atoms with van der Waals surface area (Å²) < 4.78 is 28.0. The van der Waals surface area contributed by atoms with Gasteiger partial charge in [0.05, 0.1) is 0 Å². The van der Waals surface area contributed by atoms with E-state index in [4.69, 9.17) is 17.3 Å². The Morgan fingerprint density at radius 2 is 1.89 bits per heavy atom. The molecule has 0 heterocycles. The molecule has 0 spiro atoms. The third-order valence-electron chi connectivity index (χ3n) is 2.83. The van der Waals surface area contributed by atoms with Gasteiger partial charge in [-0.2, -0.15) is 0 Å². The molecule has 0 aromatic heterocycles. The summed E-state index contributed by atoms with van der Waals surface area (Å²) >= 11 is 8.94. The molecule has 0 saturated heterocycles. The lowest BCUT2D eigenvalue weighted by Gasteiger charge is -2.15. The molecule has 0 bridgehead atoms. The van der Waals surface area contributed by atoms with Gasteiger partial charge in [-0.15, -0.1) is 0 Å². The summed E-state index contributed by atoms with van der Waals surface area (Å²) in [6.07, 6.45) is 0.197. The number of hydrogen-bond acceptors (Lipinski definition) is 1. The first-order valence-corrected chi connectivity index (χ1v) is 6.79. The molecule has 2 N–H and O–H groups in total. The molecule has 0 radical (unpaired) electrons. The monoisotopic (exact) mass is 345 g/mol. The summed E-state index contributed by atoms with van der Waals surface area (Å²) in [4.78, 5) is 0. The minimum atomic E-state index is -0.633. The lowest BCUT2D eigenvalue weighted by atomic mass is 9.99. The topological polar surface area (TPSA) is 26.0 Å². The van der Waals surface area contributed by atoms with E-state index in [0.717, 1.165) is 0 Å². The smallest absolute Gasteiger partial charge is 0.129 e. The molecule has 2 rings (SSSR count). The zero-order chi connectivity index (χ0) is 14.0. The van der Waals surface area contributed by atoms with Crippen LogP contribution in [-0.4, -0.2) is 0 Å². The van der Waals surface area contributed by atoms with E-state index < -0.39 is 17.7 Å². The third kappa shape index (κ3) is 3.32. The van der Waals surface area contributed by atoms with Crippen LogP contribution in [0.25, 0.3) is 0 Å². The highest BCUT2D eigenvalue weighted by atomic mass is 79.9. The van der Waals surface area contributed by atoms with E-state index in [0.29, 0.717) is 20.6 Å². The van der Waals surface area contributed by atoms with Crippen LogP contribution in [0.3, 0.4) is 0 Å². The van der Waals surface area contributed by atoms with Crippen LogP contribution in [0.1, 0.15) is 17.2 Å². The van der Waals surface area contributed by atoms with Crippen molar-refractivity contribution in [3.05, 3.63) is 68.7 Å². The highest BCUT2D eigenvalue weighted by Crippen LogP contribution is 2.28. The largest absolute Gasteiger partial charge is 0.324 e. The van der Waals surface area contributed by atoms with Crippen LogP contribution in [0.2, 0.25) is 5.02 Å². The Labute approximate surface area is 123 Å². The van der Waals surface area contributed by atoms with Crippen molar-refractivity contribution >= 4 is 27.5 Å². The first kappa shape index (κ1) is 14.4. The summed E-state index contributed by atoms with van der Waals surface area (Å²) in [5.41, 5.74) is 6.72. The average molecular weight is 347 g/mol. The van der Waals surface area contributed by atoms with Gasteiger partial charge in [0.2, 0.25) is 0 Å². The molecule has 2 aromatic carbocycles. The van der Waals surface area contributed by atoms with E-state index >= 15 is 0 Å². The van der Waals surface area contributed by atoms with Crippen molar-refractivity contribution in [3.63, 3.8) is 0 Å². The van der Waals surface area contributed by atoms with Gasteiger partial charge in [0, 0.05) is 21.1 Å². The van der Waals surface area contributed by atoms with Gasteiger partial charge < -0.3 is 5.73 Å². The molecule has 5 heteroatoms. The first-order chi connectivity index (χ1) is 8.99. The molecule has 2 aromatic rings. The van der Waals surface area contributed by atoms with Gasteiger partial charge >= 0.3 is 0 Å². The molecule has 0 aliphatic rings. The second-order valence-corrected chi connectivity index (χ2v) is 5.47. The molecule has 1 atom stereocenters. The highest BCUT2D eigenvalue weighted by molar-refractivity contribution is 9.10. The van der Waals surface area contributed by atoms with Crippen molar-refractivity contribution < 1.29 is 8.78 Å². The minimum absolute atomic E-state index is 0.197. The minimum Gasteiger partial charge on any atom is -0.324 e. The van der Waals surface area contributed by atoms with E-state index in [1.807, 2.05) is 0 Å². The van der Waals surface area contributed by atoms with E-state index in [1.54, 1.807) is 24.3 Å². The predicted molar refractivity (Wildman–Crippen MR) is 76.1 cm³/mol. The van der Waals surface area contributed by atoms with Gasteiger partial charge in [0.15, 0.2) is 0 Å². The quantitative estimate of drug-likeness (QED) is 0.862. The SMILES string of the molecule is NC(Cc1ccc(Cl)cc1F)c1c(F)cccc1Br. The van der Waals surface area contributed by atoms with Gasteiger partial charge in [0.25, 0.3) is 0 Å². The molecule has 0 aliphatic heterocycles. The second kappa shape index (κ2) is 5.99. The molecule has 19 heavy (non-hydrogen) atoms. The van der Waals surface area contributed by atoms with Gasteiger partial charge in [0.1, 0.15) is 11.6 Å². The summed E-state index contributed by atoms with van der Waals surface area (Å²) in [6.45, 7) is 0. The van der Waals surface area contributed by atoms with Crippen LogP contribution in [0.5, 0.6) is 0 Å².